The first-order valence-corrected chi connectivity index (χ1v) is 5.03. The van der Waals surface area contributed by atoms with Gasteiger partial charge in [-0.05, 0) is 26.0 Å². The molecule has 1 aromatic carbocycles. The molecule has 0 saturated heterocycles. The van der Waals surface area contributed by atoms with Crippen molar-refractivity contribution >= 4 is 6.21 Å². The summed E-state index contributed by atoms with van der Waals surface area (Å²) in [5.41, 5.74) is 0.510. The molecule has 88 valence electrons. The van der Waals surface area contributed by atoms with E-state index in [4.69, 9.17) is 5.11 Å². The zero-order chi connectivity index (χ0) is 12.4. The van der Waals surface area contributed by atoms with Crippen molar-refractivity contribution in [1.82, 2.24) is 14.9 Å². The molecule has 1 aromatic heterocycles. The lowest BCUT2D eigenvalue weighted by molar-refractivity contribution is 0.450. The summed E-state index contributed by atoms with van der Waals surface area (Å²) in [6.07, 6.45) is 1.48. The highest BCUT2D eigenvalue weighted by Crippen LogP contribution is 2.20. The van der Waals surface area contributed by atoms with Crippen LogP contribution < -0.4 is 0 Å². The molecule has 0 saturated carbocycles. The smallest absolute Gasteiger partial charge is 0.151 e. The van der Waals surface area contributed by atoms with Gasteiger partial charge in [0, 0.05) is 11.6 Å². The number of phenolic OH excluding ortho intramolecular Hbond substituents is 2. The number of hydrogen-bond acceptors (Lipinski definition) is 5. The molecule has 0 aliphatic carbocycles. The average Bonchev–Trinajstić information content (AvgIpc) is 2.58. The molecule has 0 atom stereocenters. The summed E-state index contributed by atoms with van der Waals surface area (Å²) in [6, 6.07) is 4.31. The minimum absolute atomic E-state index is 0.0105. The van der Waals surface area contributed by atoms with Gasteiger partial charge in [0.1, 0.15) is 11.5 Å². The van der Waals surface area contributed by atoms with Crippen LogP contribution >= 0.6 is 0 Å². The van der Waals surface area contributed by atoms with Crippen molar-refractivity contribution < 1.29 is 10.2 Å². The molecule has 0 radical (unpaired) electrons. The van der Waals surface area contributed by atoms with Crippen molar-refractivity contribution in [2.75, 3.05) is 0 Å². The predicted molar refractivity (Wildman–Crippen MR) is 62.3 cm³/mol. The monoisotopic (exact) mass is 232 g/mol. The van der Waals surface area contributed by atoms with Gasteiger partial charge in [0.15, 0.2) is 11.6 Å². The molecule has 6 heteroatoms. The van der Waals surface area contributed by atoms with Crippen molar-refractivity contribution in [1.29, 1.82) is 0 Å². The molecule has 0 spiro atoms. The van der Waals surface area contributed by atoms with Gasteiger partial charge in [0.2, 0.25) is 0 Å². The number of rotatable bonds is 2. The van der Waals surface area contributed by atoms with E-state index in [0.717, 1.165) is 0 Å². The van der Waals surface area contributed by atoms with E-state index in [1.807, 2.05) is 0 Å². The van der Waals surface area contributed by atoms with Crippen molar-refractivity contribution in [2.24, 2.45) is 5.10 Å². The molecule has 0 unspecified atom stereocenters. The molecule has 1 heterocycles. The molecule has 0 aliphatic rings. The Morgan fingerprint density at radius 2 is 1.82 bits per heavy atom. The maximum absolute atomic E-state index is 9.57. The minimum Gasteiger partial charge on any atom is -0.508 e. The Kier molecular flexibility index (Phi) is 2.78. The molecule has 0 bridgehead atoms. The zero-order valence-corrected chi connectivity index (χ0v) is 9.49. The standard InChI is InChI=1S/C11H12N4O2/c1-7-13-14-8(2)15(7)12-6-9-3-4-10(16)5-11(9)17/h3-6,16-17H,1-2H3/b12-6-. The Labute approximate surface area is 97.9 Å². The second-order valence-electron chi connectivity index (χ2n) is 3.59. The van der Waals surface area contributed by atoms with Crippen molar-refractivity contribution in [3.63, 3.8) is 0 Å². The molecule has 0 amide bonds. The number of phenols is 2. The topological polar surface area (TPSA) is 83.5 Å². The maximum Gasteiger partial charge on any atom is 0.151 e. The maximum atomic E-state index is 9.57. The van der Waals surface area contributed by atoms with Crippen LogP contribution in [0.5, 0.6) is 11.5 Å². The van der Waals surface area contributed by atoms with Gasteiger partial charge in [0.25, 0.3) is 0 Å². The fraction of sp³-hybridized carbons (Fsp3) is 0.182. The summed E-state index contributed by atoms with van der Waals surface area (Å²) < 4.78 is 1.56. The van der Waals surface area contributed by atoms with E-state index in [9.17, 15) is 5.11 Å². The third kappa shape index (κ3) is 2.25. The number of benzene rings is 1. The Hall–Kier alpha value is -2.37. The van der Waals surface area contributed by atoms with Crippen LogP contribution in [0.3, 0.4) is 0 Å². The van der Waals surface area contributed by atoms with Crippen LogP contribution in [0, 0.1) is 13.8 Å². The van der Waals surface area contributed by atoms with Gasteiger partial charge in [-0.2, -0.15) is 5.10 Å². The number of hydrogen-bond donors (Lipinski definition) is 2. The number of nitrogens with zero attached hydrogens (tertiary/aromatic N) is 4. The lowest BCUT2D eigenvalue weighted by Crippen LogP contribution is -1.96. The quantitative estimate of drug-likeness (QED) is 0.762. The second-order valence-corrected chi connectivity index (χ2v) is 3.59. The summed E-state index contributed by atoms with van der Waals surface area (Å²) in [7, 11) is 0. The summed E-state index contributed by atoms with van der Waals surface area (Å²) in [5, 5.41) is 30.6. The Morgan fingerprint density at radius 3 is 2.41 bits per heavy atom. The molecule has 17 heavy (non-hydrogen) atoms. The third-order valence-electron chi connectivity index (χ3n) is 2.28. The van der Waals surface area contributed by atoms with Crippen molar-refractivity contribution in [3.05, 3.63) is 35.4 Å². The average molecular weight is 232 g/mol. The van der Waals surface area contributed by atoms with Gasteiger partial charge in [0.05, 0.1) is 6.21 Å². The van der Waals surface area contributed by atoms with E-state index in [-0.39, 0.29) is 11.5 Å². The van der Waals surface area contributed by atoms with E-state index in [1.54, 1.807) is 24.6 Å². The van der Waals surface area contributed by atoms with E-state index in [1.165, 1.54) is 18.3 Å². The first-order valence-electron chi connectivity index (χ1n) is 5.03. The SMILES string of the molecule is Cc1nnc(C)n1/N=C\c1ccc(O)cc1O. The molecule has 0 fully saturated rings. The van der Waals surface area contributed by atoms with Gasteiger partial charge >= 0.3 is 0 Å². The summed E-state index contributed by atoms with van der Waals surface area (Å²) >= 11 is 0. The first-order chi connectivity index (χ1) is 8.08. The Bertz CT molecular complexity index is 555. The first kappa shape index (κ1) is 11.1. The summed E-state index contributed by atoms with van der Waals surface area (Å²) in [4.78, 5) is 0. The molecular weight excluding hydrogens is 220 g/mol. The number of aromatic nitrogens is 3. The van der Waals surface area contributed by atoms with E-state index < -0.39 is 0 Å². The van der Waals surface area contributed by atoms with Crippen LogP contribution in [0.15, 0.2) is 23.3 Å². The second kappa shape index (κ2) is 4.25. The molecule has 0 aliphatic heterocycles. The Morgan fingerprint density at radius 1 is 1.18 bits per heavy atom. The number of aromatic hydroxyl groups is 2. The molecule has 2 N–H and O–H groups in total. The molecular formula is C11H12N4O2. The molecule has 6 nitrogen and oxygen atoms in total. The van der Waals surface area contributed by atoms with Crippen LogP contribution in [0.4, 0.5) is 0 Å². The van der Waals surface area contributed by atoms with Crippen LogP contribution in [-0.2, 0) is 0 Å². The van der Waals surface area contributed by atoms with E-state index in [2.05, 4.69) is 15.3 Å². The van der Waals surface area contributed by atoms with Crippen LogP contribution in [0.25, 0.3) is 0 Å². The normalized spacial score (nSPS) is 11.2. The summed E-state index contributed by atoms with van der Waals surface area (Å²) in [5.74, 6) is 1.31. The lowest BCUT2D eigenvalue weighted by atomic mass is 10.2. The van der Waals surface area contributed by atoms with Crippen LogP contribution in [0.1, 0.15) is 17.2 Å². The lowest BCUT2D eigenvalue weighted by Gasteiger charge is -2.00. The highest BCUT2D eigenvalue weighted by atomic mass is 16.3. The van der Waals surface area contributed by atoms with Crippen LogP contribution in [0.2, 0.25) is 0 Å². The highest BCUT2D eigenvalue weighted by molar-refractivity contribution is 5.83. The van der Waals surface area contributed by atoms with E-state index in [0.29, 0.717) is 17.2 Å². The van der Waals surface area contributed by atoms with Gasteiger partial charge < -0.3 is 10.2 Å². The largest absolute Gasteiger partial charge is 0.508 e. The fourth-order valence-corrected chi connectivity index (χ4v) is 1.39. The molecule has 2 aromatic rings. The van der Waals surface area contributed by atoms with Crippen molar-refractivity contribution in [2.45, 2.75) is 13.8 Å². The van der Waals surface area contributed by atoms with Crippen molar-refractivity contribution in [3.8, 4) is 11.5 Å². The zero-order valence-electron chi connectivity index (χ0n) is 9.49. The Balaban J connectivity index is 2.32. The van der Waals surface area contributed by atoms with E-state index >= 15 is 0 Å². The highest BCUT2D eigenvalue weighted by Gasteiger charge is 2.03. The van der Waals surface area contributed by atoms with Crippen LogP contribution in [-0.4, -0.2) is 31.3 Å². The minimum atomic E-state index is -0.0304. The third-order valence-corrected chi connectivity index (χ3v) is 2.28. The van der Waals surface area contributed by atoms with Gasteiger partial charge in [-0.3, -0.25) is 0 Å². The predicted octanol–water partition coefficient (Wildman–Crippen LogP) is 1.19. The number of aryl methyl sites for hydroxylation is 2. The van der Waals surface area contributed by atoms with Gasteiger partial charge in [-0.1, -0.05) is 0 Å². The van der Waals surface area contributed by atoms with Gasteiger partial charge in [-0.25, -0.2) is 4.68 Å². The summed E-state index contributed by atoms with van der Waals surface area (Å²) in [6.45, 7) is 3.57. The fourth-order valence-electron chi connectivity index (χ4n) is 1.39. The van der Waals surface area contributed by atoms with Gasteiger partial charge in [-0.15, -0.1) is 10.2 Å². The molecule has 2 rings (SSSR count).